The Morgan fingerprint density at radius 2 is 2.05 bits per heavy atom. The monoisotopic (exact) mass is 628 g/mol. The average molecular weight is 629 g/mol. The molecule has 5 rings (SSSR count). The van der Waals surface area contributed by atoms with Gasteiger partial charge in [0.1, 0.15) is 0 Å². The minimum Gasteiger partial charge on any atom is -0.504 e. The number of halogens is 1. The molecule has 4 atom stereocenters. The molecule has 1 aromatic carbocycles. The van der Waals surface area contributed by atoms with E-state index in [4.69, 9.17) is 9.47 Å². The number of carbonyl (C=O) groups is 2. The average Bonchev–Trinajstić information content (AvgIpc) is 3.43. The van der Waals surface area contributed by atoms with E-state index >= 15 is 0 Å². The van der Waals surface area contributed by atoms with Crippen molar-refractivity contribution in [2.75, 3.05) is 20.8 Å². The van der Waals surface area contributed by atoms with Crippen molar-refractivity contribution in [1.82, 2.24) is 9.88 Å². The molecule has 2 saturated heterocycles. The first kappa shape index (κ1) is 26.9. The molecule has 200 valence electrons. The van der Waals surface area contributed by atoms with Crippen LogP contribution in [0.5, 0.6) is 11.5 Å². The zero-order valence-electron chi connectivity index (χ0n) is 22.1. The van der Waals surface area contributed by atoms with E-state index in [0.717, 1.165) is 23.3 Å². The van der Waals surface area contributed by atoms with Gasteiger partial charge >= 0.3 is 0 Å². The summed E-state index contributed by atoms with van der Waals surface area (Å²) in [6.45, 7) is 4.80. The summed E-state index contributed by atoms with van der Waals surface area (Å²) in [5.74, 6) is 0.0921. The molecule has 1 aliphatic carbocycles. The summed E-state index contributed by atoms with van der Waals surface area (Å²) in [5, 5.41) is 10.3. The number of ether oxygens (including phenoxy) is 2. The van der Waals surface area contributed by atoms with E-state index < -0.39 is 0 Å². The number of carbonyl (C=O) groups excluding carboxylic acids is 2. The Morgan fingerprint density at radius 3 is 2.74 bits per heavy atom. The molecule has 0 bridgehead atoms. The highest BCUT2D eigenvalue weighted by molar-refractivity contribution is 14.1. The van der Waals surface area contributed by atoms with Crippen molar-refractivity contribution in [2.24, 2.45) is 23.7 Å². The lowest BCUT2D eigenvalue weighted by molar-refractivity contribution is -0.138. The molecule has 2 amide bonds. The summed E-state index contributed by atoms with van der Waals surface area (Å²) in [4.78, 5) is 31.8. The molecule has 3 heterocycles. The van der Waals surface area contributed by atoms with Crippen molar-refractivity contribution in [2.45, 2.75) is 39.2 Å². The predicted molar refractivity (Wildman–Crippen MR) is 153 cm³/mol. The number of hydrogen-bond acceptors (Lipinski definition) is 6. The molecule has 7 nitrogen and oxygen atoms in total. The minimum atomic E-state index is -0.313. The van der Waals surface area contributed by atoms with E-state index in [-0.39, 0.29) is 47.3 Å². The van der Waals surface area contributed by atoms with Gasteiger partial charge < -0.3 is 14.6 Å². The van der Waals surface area contributed by atoms with Crippen molar-refractivity contribution in [3.05, 3.63) is 62.5 Å². The lowest BCUT2D eigenvalue weighted by Crippen LogP contribution is -2.34. The number of likely N-dealkylation sites (tertiary alicyclic amines) is 1. The second-order valence-corrected chi connectivity index (χ2v) is 11.8. The number of rotatable bonds is 7. The molecule has 1 aromatic heterocycles. The number of fused-ring (bicyclic) bond motifs is 3. The van der Waals surface area contributed by atoms with Crippen molar-refractivity contribution in [1.29, 1.82) is 0 Å². The van der Waals surface area contributed by atoms with Crippen molar-refractivity contribution < 1.29 is 24.2 Å². The Bertz CT molecular complexity index is 1320. The van der Waals surface area contributed by atoms with E-state index in [1.807, 2.05) is 30.3 Å². The van der Waals surface area contributed by atoms with Gasteiger partial charge in [-0.25, -0.2) is 0 Å². The number of methoxy groups -OCH3 is 1. The van der Waals surface area contributed by atoms with Gasteiger partial charge in [-0.05, 0) is 94.8 Å². The molecule has 0 unspecified atom stereocenters. The third kappa shape index (κ3) is 4.77. The maximum Gasteiger partial charge on any atom is 0.233 e. The molecule has 8 heteroatoms. The number of hydrogen-bond donors (Lipinski definition) is 1. The van der Waals surface area contributed by atoms with E-state index in [1.165, 1.54) is 16.0 Å². The Kier molecular flexibility index (Phi) is 7.64. The SMILES string of the molecule is COc1cc(/C=C(/CC[C@H]2OC[C@H]3C2=C(C(C)C)C[C@H]2C(=O)N(C)C(=O)[C@H]23)c2ccccn2)cc(I)c1O. The Balaban J connectivity index is 1.46. The van der Waals surface area contributed by atoms with Crippen LogP contribution in [0, 0.1) is 27.2 Å². The van der Waals surface area contributed by atoms with Crippen molar-refractivity contribution in [3.63, 3.8) is 0 Å². The molecule has 3 aliphatic rings. The first-order valence-electron chi connectivity index (χ1n) is 13.1. The van der Waals surface area contributed by atoms with Crippen LogP contribution in [0.3, 0.4) is 0 Å². The number of imide groups is 1. The number of aromatic nitrogens is 1. The summed E-state index contributed by atoms with van der Waals surface area (Å²) >= 11 is 2.10. The van der Waals surface area contributed by atoms with Gasteiger partial charge in [-0.15, -0.1) is 0 Å². The lowest BCUT2D eigenvalue weighted by Gasteiger charge is -2.33. The molecule has 0 spiro atoms. The highest BCUT2D eigenvalue weighted by Crippen LogP contribution is 2.51. The third-order valence-corrected chi connectivity index (χ3v) is 8.97. The van der Waals surface area contributed by atoms with E-state index in [0.29, 0.717) is 28.8 Å². The number of phenolic OH excluding ortho intramolecular Hbond substituents is 1. The molecule has 1 N–H and O–H groups in total. The van der Waals surface area contributed by atoms with Gasteiger partial charge in [-0.2, -0.15) is 0 Å². The van der Waals surface area contributed by atoms with Crippen molar-refractivity contribution in [3.8, 4) is 11.5 Å². The third-order valence-electron chi connectivity index (χ3n) is 8.14. The highest BCUT2D eigenvalue weighted by atomic mass is 127. The number of amides is 2. The first-order chi connectivity index (χ1) is 18.2. The Labute approximate surface area is 237 Å². The fourth-order valence-corrected chi connectivity index (χ4v) is 6.89. The number of phenols is 1. The summed E-state index contributed by atoms with van der Waals surface area (Å²) < 4.78 is 12.4. The lowest BCUT2D eigenvalue weighted by atomic mass is 9.67. The number of aromatic hydroxyl groups is 1. The quantitative estimate of drug-likeness (QED) is 0.254. The molecule has 2 aromatic rings. The topological polar surface area (TPSA) is 89.0 Å². The van der Waals surface area contributed by atoms with Crippen molar-refractivity contribution >= 4 is 46.1 Å². The zero-order valence-corrected chi connectivity index (χ0v) is 24.3. The van der Waals surface area contributed by atoms with E-state index in [9.17, 15) is 14.7 Å². The van der Waals surface area contributed by atoms with E-state index in [2.05, 4.69) is 47.5 Å². The predicted octanol–water partition coefficient (Wildman–Crippen LogP) is 5.32. The zero-order chi connectivity index (χ0) is 27.1. The smallest absolute Gasteiger partial charge is 0.233 e. The molecule has 0 radical (unpaired) electrons. The molecule has 0 saturated carbocycles. The van der Waals surface area contributed by atoms with Crippen LogP contribution in [0.25, 0.3) is 11.6 Å². The molecular formula is C30H33IN2O5. The maximum atomic E-state index is 13.0. The highest BCUT2D eigenvalue weighted by Gasteiger charge is 2.56. The van der Waals surface area contributed by atoms with Crippen LogP contribution in [0.2, 0.25) is 0 Å². The number of allylic oxidation sites excluding steroid dienone is 2. The summed E-state index contributed by atoms with van der Waals surface area (Å²) in [6.07, 6.45) is 5.86. The number of pyridine rings is 1. The second-order valence-electron chi connectivity index (χ2n) is 10.6. The van der Waals surface area contributed by atoms with Gasteiger partial charge in [0.05, 0.1) is 40.9 Å². The summed E-state index contributed by atoms with van der Waals surface area (Å²) in [5.41, 5.74) is 5.35. The standard InChI is InChI=1S/C30H33IN2O5/c1-16(2)19-14-20-27(30(36)33(3)29(20)35)21-15-38-24(26(19)21)9-8-18(23-7-5-6-10-32-23)11-17-12-22(31)28(34)25(13-17)37-4/h5-7,10-13,16,20-21,24,27,34H,8-9,14-15H2,1-4H3/b18-11-/t20-,21+,24-,27-/m1/s1. The van der Waals surface area contributed by atoms with Gasteiger partial charge in [-0.1, -0.05) is 25.5 Å². The van der Waals surface area contributed by atoms with Gasteiger partial charge in [0.2, 0.25) is 11.8 Å². The van der Waals surface area contributed by atoms with E-state index in [1.54, 1.807) is 20.4 Å². The van der Waals surface area contributed by atoms with Crippen LogP contribution in [-0.4, -0.2) is 53.7 Å². The van der Waals surface area contributed by atoms with Crippen LogP contribution >= 0.6 is 22.6 Å². The van der Waals surface area contributed by atoms with Gasteiger partial charge in [0.15, 0.2) is 11.5 Å². The normalized spacial score (nSPS) is 25.3. The van der Waals surface area contributed by atoms with Crippen LogP contribution in [0.1, 0.15) is 44.4 Å². The minimum absolute atomic E-state index is 0.0391. The van der Waals surface area contributed by atoms with Gasteiger partial charge in [-0.3, -0.25) is 19.5 Å². The van der Waals surface area contributed by atoms with Gasteiger partial charge in [0.25, 0.3) is 0 Å². The number of benzene rings is 1. The first-order valence-corrected chi connectivity index (χ1v) is 14.1. The largest absolute Gasteiger partial charge is 0.504 e. The summed E-state index contributed by atoms with van der Waals surface area (Å²) in [6, 6.07) is 9.61. The van der Waals surface area contributed by atoms with Crippen LogP contribution in [0.4, 0.5) is 0 Å². The van der Waals surface area contributed by atoms with Gasteiger partial charge in [0, 0.05) is 19.2 Å². The van der Waals surface area contributed by atoms with Crippen LogP contribution in [0.15, 0.2) is 47.7 Å². The second kappa shape index (κ2) is 10.8. The molecule has 2 aliphatic heterocycles. The molecule has 2 fully saturated rings. The molecular weight excluding hydrogens is 595 g/mol. The fraction of sp³-hybridized carbons (Fsp3) is 0.433. The maximum absolute atomic E-state index is 13.0. The molecule has 38 heavy (non-hydrogen) atoms. The Hall–Kier alpha value is -2.72. The Morgan fingerprint density at radius 1 is 1.26 bits per heavy atom. The van der Waals surface area contributed by atoms with Crippen LogP contribution in [-0.2, 0) is 14.3 Å². The summed E-state index contributed by atoms with van der Waals surface area (Å²) in [7, 11) is 3.15. The number of nitrogens with zero attached hydrogens (tertiary/aromatic N) is 2. The fourth-order valence-electron chi connectivity index (χ4n) is 6.26. The van der Waals surface area contributed by atoms with Crippen LogP contribution < -0.4 is 4.74 Å².